The Bertz CT molecular complexity index is 1070. The summed E-state index contributed by atoms with van der Waals surface area (Å²) in [7, 11) is 0. The maximum Gasteiger partial charge on any atom is 0.153 e. The minimum atomic E-state index is 0.690. The first-order valence-corrected chi connectivity index (χ1v) is 9.17. The predicted molar refractivity (Wildman–Crippen MR) is 108 cm³/mol. The van der Waals surface area contributed by atoms with Gasteiger partial charge in [0, 0.05) is 40.2 Å². The first-order valence-electron chi connectivity index (χ1n) is 8.37. The monoisotopic (exact) mass is 407 g/mol. The van der Waals surface area contributed by atoms with Crippen molar-refractivity contribution in [2.75, 3.05) is 5.32 Å². The van der Waals surface area contributed by atoms with Crippen LogP contribution in [0.15, 0.2) is 59.3 Å². The molecule has 0 radical (unpaired) electrons. The lowest BCUT2D eigenvalue weighted by molar-refractivity contribution is 0.804. The van der Waals surface area contributed by atoms with Gasteiger partial charge in [-0.2, -0.15) is 5.10 Å². The van der Waals surface area contributed by atoms with Crippen LogP contribution >= 0.6 is 15.9 Å². The lowest BCUT2D eigenvalue weighted by Gasteiger charge is -2.10. The number of nitrogens with zero attached hydrogens (tertiary/aromatic N) is 4. The highest BCUT2D eigenvalue weighted by Gasteiger charge is 2.07. The van der Waals surface area contributed by atoms with Gasteiger partial charge in [0.2, 0.25) is 0 Å². The maximum absolute atomic E-state index is 4.55. The number of para-hydroxylation sites is 1. The number of anilines is 1. The molecule has 1 aromatic carbocycles. The van der Waals surface area contributed by atoms with Crippen LogP contribution in [0.5, 0.6) is 0 Å². The van der Waals surface area contributed by atoms with Crippen molar-refractivity contribution in [1.82, 2.24) is 19.7 Å². The van der Waals surface area contributed by atoms with Crippen LogP contribution in [-0.4, -0.2) is 19.7 Å². The Kier molecular flexibility index (Phi) is 4.42. The van der Waals surface area contributed by atoms with Gasteiger partial charge in [0.1, 0.15) is 0 Å². The Balaban J connectivity index is 1.54. The second-order valence-corrected chi connectivity index (χ2v) is 7.07. The van der Waals surface area contributed by atoms with Gasteiger partial charge in [0.25, 0.3) is 0 Å². The van der Waals surface area contributed by atoms with E-state index in [1.807, 2.05) is 61.3 Å². The number of nitrogens with one attached hydrogen (secondary N) is 1. The zero-order valence-corrected chi connectivity index (χ0v) is 16.2. The van der Waals surface area contributed by atoms with Crippen molar-refractivity contribution >= 4 is 32.5 Å². The molecule has 0 atom stereocenters. The van der Waals surface area contributed by atoms with Gasteiger partial charge in [-0.25, -0.2) is 9.67 Å². The number of benzene rings is 1. The molecule has 130 valence electrons. The molecule has 0 spiro atoms. The number of pyridine rings is 2. The summed E-state index contributed by atoms with van der Waals surface area (Å²) in [5.74, 6) is 0.831. The molecule has 0 bridgehead atoms. The minimum absolute atomic E-state index is 0.690. The maximum atomic E-state index is 4.55. The van der Waals surface area contributed by atoms with E-state index in [2.05, 4.69) is 48.4 Å². The fraction of sp³-hybridized carbons (Fsp3) is 0.150. The summed E-state index contributed by atoms with van der Waals surface area (Å²) in [4.78, 5) is 9.00. The van der Waals surface area contributed by atoms with Crippen molar-refractivity contribution < 1.29 is 0 Å². The van der Waals surface area contributed by atoms with Crippen molar-refractivity contribution in [3.8, 4) is 5.82 Å². The molecule has 4 rings (SSSR count). The first kappa shape index (κ1) is 16.7. The molecule has 0 saturated carbocycles. The molecule has 0 aliphatic heterocycles. The van der Waals surface area contributed by atoms with E-state index >= 15 is 0 Å². The van der Waals surface area contributed by atoms with Crippen LogP contribution in [0.25, 0.3) is 16.7 Å². The van der Waals surface area contributed by atoms with Gasteiger partial charge < -0.3 is 5.32 Å². The zero-order chi connectivity index (χ0) is 18.1. The third-order valence-electron chi connectivity index (χ3n) is 4.24. The van der Waals surface area contributed by atoms with Gasteiger partial charge in [-0.1, -0.05) is 18.2 Å². The second kappa shape index (κ2) is 6.88. The van der Waals surface area contributed by atoms with Crippen molar-refractivity contribution in [2.24, 2.45) is 0 Å². The number of fused-ring (bicyclic) bond motifs is 1. The normalized spacial score (nSPS) is 11.0. The molecular weight excluding hydrogens is 390 g/mol. The van der Waals surface area contributed by atoms with Gasteiger partial charge in [-0.3, -0.25) is 4.98 Å². The lowest BCUT2D eigenvalue weighted by Crippen LogP contribution is -2.04. The molecule has 0 fully saturated rings. The van der Waals surface area contributed by atoms with E-state index in [-0.39, 0.29) is 0 Å². The highest BCUT2D eigenvalue weighted by Crippen LogP contribution is 2.27. The van der Waals surface area contributed by atoms with Gasteiger partial charge in [-0.15, -0.1) is 0 Å². The van der Waals surface area contributed by atoms with Gasteiger partial charge in [0.15, 0.2) is 5.82 Å². The molecular formula is C20H18BrN5. The molecule has 3 aromatic heterocycles. The van der Waals surface area contributed by atoms with E-state index < -0.39 is 0 Å². The summed E-state index contributed by atoms with van der Waals surface area (Å²) in [5.41, 5.74) is 5.19. The average Bonchev–Trinajstić information content (AvgIpc) is 2.99. The molecule has 26 heavy (non-hydrogen) atoms. The number of hydrogen-bond acceptors (Lipinski definition) is 4. The number of rotatable bonds is 4. The molecule has 0 aliphatic carbocycles. The standard InChI is InChI=1S/C20H18BrN5/c1-13-10-14(2)26(25-13)19-7-6-15(12-24-19)11-23-18-8-9-22-20-16(18)4-3-5-17(20)21/h3-10,12H,11H2,1-2H3,(H,22,23). The average molecular weight is 408 g/mol. The molecule has 0 amide bonds. The Morgan fingerprint density at radius 1 is 1.08 bits per heavy atom. The third kappa shape index (κ3) is 3.20. The van der Waals surface area contributed by atoms with Crippen LogP contribution in [0.1, 0.15) is 17.0 Å². The largest absolute Gasteiger partial charge is 0.380 e. The zero-order valence-electron chi connectivity index (χ0n) is 14.6. The van der Waals surface area contributed by atoms with E-state index in [4.69, 9.17) is 0 Å². The Labute approximate surface area is 160 Å². The van der Waals surface area contributed by atoms with Crippen molar-refractivity contribution in [3.05, 3.63) is 76.3 Å². The van der Waals surface area contributed by atoms with Gasteiger partial charge in [-0.05, 0) is 59.6 Å². The van der Waals surface area contributed by atoms with E-state index in [1.165, 1.54) is 0 Å². The minimum Gasteiger partial charge on any atom is -0.380 e. The van der Waals surface area contributed by atoms with Crippen LogP contribution in [0.2, 0.25) is 0 Å². The van der Waals surface area contributed by atoms with Crippen molar-refractivity contribution in [2.45, 2.75) is 20.4 Å². The van der Waals surface area contributed by atoms with Crippen LogP contribution in [0.3, 0.4) is 0 Å². The lowest BCUT2D eigenvalue weighted by atomic mass is 10.2. The number of hydrogen-bond donors (Lipinski definition) is 1. The van der Waals surface area contributed by atoms with Crippen LogP contribution in [-0.2, 0) is 6.54 Å². The second-order valence-electron chi connectivity index (χ2n) is 6.21. The van der Waals surface area contributed by atoms with Gasteiger partial charge >= 0.3 is 0 Å². The van der Waals surface area contributed by atoms with E-state index in [1.54, 1.807) is 0 Å². The molecule has 5 nitrogen and oxygen atoms in total. The van der Waals surface area contributed by atoms with Crippen LogP contribution < -0.4 is 5.32 Å². The first-order chi connectivity index (χ1) is 12.6. The SMILES string of the molecule is Cc1cc(C)n(-c2ccc(CNc3ccnc4c(Br)cccc34)cn2)n1. The van der Waals surface area contributed by atoms with Gasteiger partial charge in [0.05, 0.1) is 11.2 Å². The molecule has 0 saturated heterocycles. The quantitative estimate of drug-likeness (QED) is 0.527. The topological polar surface area (TPSA) is 55.6 Å². The Morgan fingerprint density at radius 2 is 1.96 bits per heavy atom. The summed E-state index contributed by atoms with van der Waals surface area (Å²) in [5, 5.41) is 9.05. The predicted octanol–water partition coefficient (Wildman–Crippen LogP) is 4.81. The number of aryl methyl sites for hydroxylation is 2. The smallest absolute Gasteiger partial charge is 0.153 e. The van der Waals surface area contributed by atoms with Crippen molar-refractivity contribution in [1.29, 1.82) is 0 Å². The fourth-order valence-corrected chi connectivity index (χ4v) is 3.47. The Morgan fingerprint density at radius 3 is 2.69 bits per heavy atom. The number of halogens is 1. The number of aromatic nitrogens is 4. The van der Waals surface area contributed by atoms with E-state index in [0.29, 0.717) is 6.54 Å². The molecule has 0 aliphatic rings. The van der Waals surface area contributed by atoms with Crippen molar-refractivity contribution in [3.63, 3.8) is 0 Å². The molecule has 6 heteroatoms. The summed E-state index contributed by atoms with van der Waals surface area (Å²) >= 11 is 3.56. The van der Waals surface area contributed by atoms with Crippen LogP contribution in [0.4, 0.5) is 5.69 Å². The molecule has 4 aromatic rings. The third-order valence-corrected chi connectivity index (χ3v) is 4.88. The van der Waals surface area contributed by atoms with E-state index in [0.717, 1.165) is 43.8 Å². The highest BCUT2D eigenvalue weighted by molar-refractivity contribution is 9.10. The molecule has 0 unspecified atom stereocenters. The fourth-order valence-electron chi connectivity index (χ4n) is 3.00. The van der Waals surface area contributed by atoms with E-state index in [9.17, 15) is 0 Å². The summed E-state index contributed by atoms with van der Waals surface area (Å²) < 4.78 is 2.86. The molecule has 3 heterocycles. The highest BCUT2D eigenvalue weighted by atomic mass is 79.9. The summed E-state index contributed by atoms with van der Waals surface area (Å²) in [6, 6.07) is 14.2. The van der Waals surface area contributed by atoms with Crippen LogP contribution in [0, 0.1) is 13.8 Å². The summed E-state index contributed by atoms with van der Waals surface area (Å²) in [6.45, 7) is 4.71. The Hall–Kier alpha value is -2.73. The molecule has 1 N–H and O–H groups in total. The summed E-state index contributed by atoms with van der Waals surface area (Å²) in [6.07, 6.45) is 3.71.